The maximum atomic E-state index is 13.5. The first-order valence-electron chi connectivity index (χ1n) is 9.87. The van der Waals surface area contributed by atoms with Crippen molar-refractivity contribution in [3.05, 3.63) is 77.2 Å². The van der Waals surface area contributed by atoms with Crippen LogP contribution in [0.5, 0.6) is 0 Å². The van der Waals surface area contributed by atoms with Crippen LogP contribution in [0.3, 0.4) is 0 Å². The highest BCUT2D eigenvalue weighted by Gasteiger charge is 2.23. The van der Waals surface area contributed by atoms with Gasteiger partial charge < -0.3 is 9.15 Å². The maximum absolute atomic E-state index is 13.5. The average molecular weight is 398 g/mol. The average Bonchev–Trinajstić information content (AvgIpc) is 3.07. The minimum Gasteiger partial charge on any atom is -0.441 e. The van der Waals surface area contributed by atoms with Gasteiger partial charge in [0.2, 0.25) is 5.89 Å². The van der Waals surface area contributed by atoms with E-state index in [-0.39, 0.29) is 12.0 Å². The van der Waals surface area contributed by atoms with Crippen LogP contribution in [-0.2, 0) is 17.9 Å². The lowest BCUT2D eigenvalue weighted by Gasteiger charge is -2.32. The van der Waals surface area contributed by atoms with Crippen LogP contribution in [0.4, 0.5) is 8.78 Å². The molecule has 1 unspecified atom stereocenters. The number of likely N-dealkylation sites (tertiary alicyclic amines) is 1. The molecule has 1 atom stereocenters. The topological polar surface area (TPSA) is 38.5 Å². The zero-order valence-electron chi connectivity index (χ0n) is 16.4. The predicted octanol–water partition coefficient (Wildman–Crippen LogP) is 5.11. The van der Waals surface area contributed by atoms with Crippen molar-refractivity contribution in [1.29, 1.82) is 0 Å². The van der Waals surface area contributed by atoms with E-state index in [1.807, 2.05) is 25.1 Å². The summed E-state index contributed by atoms with van der Waals surface area (Å²) in [5, 5.41) is 0. The number of aromatic nitrogens is 1. The number of oxazole rings is 1. The lowest BCUT2D eigenvalue weighted by atomic mass is 10.1. The lowest BCUT2D eigenvalue weighted by Crippen LogP contribution is -2.39. The molecule has 4 nitrogen and oxygen atoms in total. The molecule has 0 bridgehead atoms. The van der Waals surface area contributed by atoms with Crippen LogP contribution in [0.25, 0.3) is 11.5 Å². The van der Waals surface area contributed by atoms with Gasteiger partial charge in [0.15, 0.2) is 0 Å². The predicted molar refractivity (Wildman–Crippen MR) is 106 cm³/mol. The molecular weight excluding hydrogens is 374 g/mol. The molecule has 2 aromatic carbocycles. The normalized spacial score (nSPS) is 17.6. The number of rotatable bonds is 6. The highest BCUT2D eigenvalue weighted by molar-refractivity contribution is 5.53. The minimum atomic E-state index is -0.646. The Hall–Kier alpha value is -2.57. The molecule has 3 aromatic rings. The van der Waals surface area contributed by atoms with E-state index in [0.29, 0.717) is 24.5 Å². The van der Waals surface area contributed by atoms with Crippen molar-refractivity contribution in [1.82, 2.24) is 9.88 Å². The van der Waals surface area contributed by atoms with Crippen LogP contribution < -0.4 is 0 Å². The van der Waals surface area contributed by atoms with Crippen molar-refractivity contribution < 1.29 is 17.9 Å². The number of nitrogens with zero attached hydrogens (tertiary/aromatic N) is 2. The molecule has 0 saturated carbocycles. The van der Waals surface area contributed by atoms with Gasteiger partial charge in [-0.1, -0.05) is 30.3 Å². The molecule has 4 rings (SSSR count). The number of benzene rings is 2. The van der Waals surface area contributed by atoms with E-state index in [1.165, 1.54) is 17.7 Å². The van der Waals surface area contributed by atoms with Crippen molar-refractivity contribution in [2.45, 2.75) is 39.0 Å². The number of hydrogen-bond donors (Lipinski definition) is 0. The van der Waals surface area contributed by atoms with Gasteiger partial charge in [-0.05, 0) is 44.0 Å². The monoisotopic (exact) mass is 398 g/mol. The Morgan fingerprint density at radius 1 is 1.14 bits per heavy atom. The van der Waals surface area contributed by atoms with Crippen molar-refractivity contribution in [3.63, 3.8) is 0 Å². The highest BCUT2D eigenvalue weighted by atomic mass is 19.1. The smallest absolute Gasteiger partial charge is 0.226 e. The van der Waals surface area contributed by atoms with Gasteiger partial charge in [-0.25, -0.2) is 13.8 Å². The maximum Gasteiger partial charge on any atom is 0.226 e. The Bertz CT molecular complexity index is 939. The van der Waals surface area contributed by atoms with Crippen molar-refractivity contribution >= 4 is 0 Å². The van der Waals surface area contributed by atoms with E-state index < -0.39 is 11.6 Å². The summed E-state index contributed by atoms with van der Waals surface area (Å²) < 4.78 is 38.8. The van der Waals surface area contributed by atoms with Gasteiger partial charge in [0.25, 0.3) is 0 Å². The molecule has 1 saturated heterocycles. The van der Waals surface area contributed by atoms with Crippen LogP contribution in [0, 0.1) is 18.6 Å². The second kappa shape index (κ2) is 8.84. The van der Waals surface area contributed by atoms with Crippen LogP contribution in [-0.4, -0.2) is 29.1 Å². The summed E-state index contributed by atoms with van der Waals surface area (Å²) in [6.07, 6.45) is 2.26. The van der Waals surface area contributed by atoms with Crippen LogP contribution >= 0.6 is 0 Å². The van der Waals surface area contributed by atoms with Gasteiger partial charge in [-0.15, -0.1) is 0 Å². The molecule has 0 radical (unpaired) electrons. The quantitative estimate of drug-likeness (QED) is 0.578. The second-order valence-electron chi connectivity index (χ2n) is 7.48. The molecule has 2 heterocycles. The van der Waals surface area contributed by atoms with Crippen LogP contribution in [0.1, 0.15) is 29.9 Å². The molecule has 0 aliphatic carbocycles. The first kappa shape index (κ1) is 19.7. The molecular formula is C23H24F2N2O2. The summed E-state index contributed by atoms with van der Waals surface area (Å²) in [6.45, 7) is 4.84. The van der Waals surface area contributed by atoms with Crippen molar-refractivity contribution in [2.24, 2.45) is 0 Å². The molecule has 0 spiro atoms. The standard InChI is InChI=1S/C23H24F2N2O2/c1-16-22(26-23(29-16)18-10-19(24)12-20(25)11-18)14-27-9-5-8-21(13-27)28-15-17-6-3-2-4-7-17/h2-4,6-7,10-12,21H,5,8-9,13-15H2,1H3. The van der Waals surface area contributed by atoms with Gasteiger partial charge in [0.1, 0.15) is 17.4 Å². The molecule has 29 heavy (non-hydrogen) atoms. The van der Waals surface area contributed by atoms with E-state index in [2.05, 4.69) is 22.0 Å². The summed E-state index contributed by atoms with van der Waals surface area (Å²) in [7, 11) is 0. The number of hydrogen-bond acceptors (Lipinski definition) is 4. The number of ether oxygens (including phenoxy) is 1. The zero-order valence-corrected chi connectivity index (χ0v) is 16.4. The summed E-state index contributed by atoms with van der Waals surface area (Å²) >= 11 is 0. The summed E-state index contributed by atoms with van der Waals surface area (Å²) in [5.74, 6) is -0.388. The van der Waals surface area contributed by atoms with Crippen LogP contribution in [0.2, 0.25) is 0 Å². The molecule has 1 fully saturated rings. The zero-order chi connectivity index (χ0) is 20.2. The Labute approximate surface area is 169 Å². The summed E-state index contributed by atoms with van der Waals surface area (Å²) in [4.78, 5) is 6.78. The molecule has 0 amide bonds. The highest BCUT2D eigenvalue weighted by Crippen LogP contribution is 2.25. The molecule has 1 aromatic heterocycles. The molecule has 152 valence electrons. The Morgan fingerprint density at radius 3 is 2.66 bits per heavy atom. The van der Waals surface area contributed by atoms with Crippen LogP contribution in [0.15, 0.2) is 52.9 Å². The number of piperidine rings is 1. The minimum absolute atomic E-state index is 0.174. The van der Waals surface area contributed by atoms with Gasteiger partial charge in [0.05, 0.1) is 18.4 Å². The van der Waals surface area contributed by atoms with Crippen molar-refractivity contribution in [3.8, 4) is 11.5 Å². The molecule has 1 aliphatic rings. The van der Waals surface area contributed by atoms with E-state index in [1.54, 1.807) is 0 Å². The fourth-order valence-electron chi connectivity index (χ4n) is 3.67. The fraction of sp³-hybridized carbons (Fsp3) is 0.348. The molecule has 0 N–H and O–H groups in total. The van der Waals surface area contributed by atoms with Gasteiger partial charge >= 0.3 is 0 Å². The third-order valence-corrected chi connectivity index (χ3v) is 5.17. The summed E-state index contributed by atoms with van der Waals surface area (Å²) in [6, 6.07) is 13.5. The molecule has 6 heteroatoms. The first-order valence-corrected chi connectivity index (χ1v) is 9.87. The Balaban J connectivity index is 1.39. The van der Waals surface area contributed by atoms with E-state index in [4.69, 9.17) is 9.15 Å². The Kier molecular flexibility index (Phi) is 6.02. The van der Waals surface area contributed by atoms with E-state index in [9.17, 15) is 8.78 Å². The second-order valence-corrected chi connectivity index (χ2v) is 7.48. The third-order valence-electron chi connectivity index (χ3n) is 5.17. The largest absolute Gasteiger partial charge is 0.441 e. The lowest BCUT2D eigenvalue weighted by molar-refractivity contribution is -0.0123. The molecule has 1 aliphatic heterocycles. The number of halogens is 2. The van der Waals surface area contributed by atoms with E-state index >= 15 is 0 Å². The Morgan fingerprint density at radius 2 is 1.90 bits per heavy atom. The van der Waals surface area contributed by atoms with E-state index in [0.717, 1.165) is 37.7 Å². The van der Waals surface area contributed by atoms with Gasteiger partial charge in [-0.3, -0.25) is 4.90 Å². The fourth-order valence-corrected chi connectivity index (χ4v) is 3.67. The number of aryl methyl sites for hydroxylation is 1. The van der Waals surface area contributed by atoms with Crippen molar-refractivity contribution in [2.75, 3.05) is 13.1 Å². The first-order chi connectivity index (χ1) is 14.1. The SMILES string of the molecule is Cc1oc(-c2cc(F)cc(F)c2)nc1CN1CCCC(OCc2ccccc2)C1. The van der Waals surface area contributed by atoms with Gasteiger partial charge in [0, 0.05) is 24.7 Å². The summed E-state index contributed by atoms with van der Waals surface area (Å²) in [5.41, 5.74) is 2.26. The van der Waals surface area contributed by atoms with Gasteiger partial charge in [-0.2, -0.15) is 0 Å². The third kappa shape index (κ3) is 5.08.